The number of methoxy groups -OCH3 is 3. The lowest BCUT2D eigenvalue weighted by atomic mass is 10.2. The molecule has 0 aliphatic carbocycles. The maximum atomic E-state index is 12.3. The highest BCUT2D eigenvalue weighted by Gasteiger charge is 2.19. The monoisotopic (exact) mass is 460 g/mol. The lowest BCUT2D eigenvalue weighted by Crippen LogP contribution is -2.48. The fourth-order valence-corrected chi connectivity index (χ4v) is 3.81. The van der Waals surface area contributed by atoms with Crippen LogP contribution in [0.25, 0.3) is 0 Å². The molecule has 1 amide bonds. The molecule has 3 rings (SSSR count). The van der Waals surface area contributed by atoms with Gasteiger partial charge in [0.15, 0.2) is 11.5 Å². The van der Waals surface area contributed by atoms with Crippen LogP contribution in [0.2, 0.25) is 5.02 Å². The van der Waals surface area contributed by atoms with Crippen LogP contribution in [0.5, 0.6) is 17.2 Å². The third-order valence-electron chi connectivity index (χ3n) is 5.31. The summed E-state index contributed by atoms with van der Waals surface area (Å²) in [5, 5.41) is 4.86. The minimum atomic E-state index is -0.166. The Morgan fingerprint density at radius 1 is 1.00 bits per heavy atom. The normalized spacial score (nSPS) is 15.0. The van der Waals surface area contributed by atoms with Crippen molar-refractivity contribution in [1.82, 2.24) is 15.2 Å². The second-order valence-electron chi connectivity index (χ2n) is 7.36. The zero-order valence-electron chi connectivity index (χ0n) is 18.6. The van der Waals surface area contributed by atoms with E-state index in [1.807, 2.05) is 24.3 Å². The summed E-state index contributed by atoms with van der Waals surface area (Å²) >= 11 is 6.26. The van der Waals surface area contributed by atoms with E-state index in [0.29, 0.717) is 29.4 Å². The topological polar surface area (TPSA) is 75.6 Å². The number of hydrazone groups is 1. The number of nitrogens with one attached hydrogen (secondary N) is 1. The molecular weight excluding hydrogens is 432 g/mol. The first-order chi connectivity index (χ1) is 15.5. The Kier molecular flexibility index (Phi) is 8.72. The Morgan fingerprint density at radius 3 is 2.34 bits per heavy atom. The highest BCUT2D eigenvalue weighted by molar-refractivity contribution is 6.31. The number of rotatable bonds is 9. The number of halogens is 1. The fourth-order valence-electron chi connectivity index (χ4n) is 3.61. The predicted octanol–water partition coefficient (Wildman–Crippen LogP) is 2.63. The van der Waals surface area contributed by atoms with Gasteiger partial charge >= 0.3 is 0 Å². The van der Waals surface area contributed by atoms with Crippen molar-refractivity contribution >= 4 is 23.7 Å². The Bertz CT molecular complexity index is 946. The average molecular weight is 461 g/mol. The zero-order chi connectivity index (χ0) is 22.9. The molecule has 172 valence electrons. The molecule has 32 heavy (non-hydrogen) atoms. The minimum Gasteiger partial charge on any atom is -0.493 e. The Labute approximate surface area is 193 Å². The first kappa shape index (κ1) is 23.8. The molecule has 2 aromatic carbocycles. The summed E-state index contributed by atoms with van der Waals surface area (Å²) in [6.45, 7) is 4.49. The van der Waals surface area contributed by atoms with Crippen molar-refractivity contribution in [2.45, 2.75) is 6.54 Å². The number of hydrogen-bond donors (Lipinski definition) is 1. The molecule has 0 radical (unpaired) electrons. The molecule has 1 heterocycles. The third-order valence-corrected chi connectivity index (χ3v) is 5.68. The maximum absolute atomic E-state index is 12.3. The van der Waals surface area contributed by atoms with Crippen LogP contribution >= 0.6 is 11.6 Å². The number of hydrogen-bond acceptors (Lipinski definition) is 7. The van der Waals surface area contributed by atoms with Crippen LogP contribution in [0.15, 0.2) is 41.5 Å². The average Bonchev–Trinajstić information content (AvgIpc) is 2.81. The van der Waals surface area contributed by atoms with Gasteiger partial charge < -0.3 is 14.2 Å². The number of nitrogens with zero attached hydrogens (tertiary/aromatic N) is 3. The molecular formula is C23H29ClN4O4. The van der Waals surface area contributed by atoms with Crippen LogP contribution in [0.1, 0.15) is 11.1 Å². The van der Waals surface area contributed by atoms with Gasteiger partial charge in [-0.2, -0.15) is 5.10 Å². The van der Waals surface area contributed by atoms with Crippen LogP contribution in [0, 0.1) is 0 Å². The molecule has 8 nitrogen and oxygen atoms in total. The van der Waals surface area contributed by atoms with E-state index >= 15 is 0 Å². The third kappa shape index (κ3) is 6.12. The molecule has 1 fully saturated rings. The van der Waals surface area contributed by atoms with E-state index in [0.717, 1.165) is 43.3 Å². The van der Waals surface area contributed by atoms with E-state index in [4.69, 9.17) is 25.8 Å². The largest absolute Gasteiger partial charge is 0.493 e. The second kappa shape index (κ2) is 11.7. The van der Waals surface area contributed by atoms with Crippen LogP contribution in [0.4, 0.5) is 0 Å². The number of amides is 1. The highest BCUT2D eigenvalue weighted by atomic mass is 35.5. The van der Waals surface area contributed by atoms with Gasteiger partial charge in [0.05, 0.1) is 34.1 Å². The first-order valence-corrected chi connectivity index (χ1v) is 10.7. The summed E-state index contributed by atoms with van der Waals surface area (Å²) in [5.74, 6) is 1.35. The SMILES string of the molecule is COc1ccc(C=NNC(=O)CN2CCN(Cc3ccccc3Cl)CC2)c(OC)c1OC. The van der Waals surface area contributed by atoms with Crippen LogP contribution < -0.4 is 19.6 Å². The van der Waals surface area contributed by atoms with Crippen molar-refractivity contribution < 1.29 is 19.0 Å². The summed E-state index contributed by atoms with van der Waals surface area (Å²) in [7, 11) is 4.64. The van der Waals surface area contributed by atoms with Crippen molar-refractivity contribution in [3.63, 3.8) is 0 Å². The minimum absolute atomic E-state index is 0.166. The van der Waals surface area contributed by atoms with Gasteiger partial charge in [-0.25, -0.2) is 5.43 Å². The lowest BCUT2D eigenvalue weighted by Gasteiger charge is -2.34. The van der Waals surface area contributed by atoms with Crippen molar-refractivity contribution in [2.75, 3.05) is 54.1 Å². The van der Waals surface area contributed by atoms with Gasteiger partial charge in [-0.05, 0) is 23.8 Å². The predicted molar refractivity (Wildman–Crippen MR) is 125 cm³/mol. The molecule has 0 saturated carbocycles. The van der Waals surface area contributed by atoms with Gasteiger partial charge in [0.2, 0.25) is 5.75 Å². The van der Waals surface area contributed by atoms with Crippen molar-refractivity contribution in [2.24, 2.45) is 5.10 Å². The number of piperazine rings is 1. The van der Waals surface area contributed by atoms with Crippen LogP contribution in [-0.2, 0) is 11.3 Å². The lowest BCUT2D eigenvalue weighted by molar-refractivity contribution is -0.122. The van der Waals surface area contributed by atoms with Gasteiger partial charge in [-0.1, -0.05) is 29.8 Å². The summed E-state index contributed by atoms with van der Waals surface area (Å²) in [6.07, 6.45) is 1.53. The number of ether oxygens (including phenoxy) is 3. The Hall–Kier alpha value is -2.81. The summed E-state index contributed by atoms with van der Waals surface area (Å²) in [5.41, 5.74) is 4.38. The fraction of sp³-hybridized carbons (Fsp3) is 0.391. The van der Waals surface area contributed by atoms with E-state index < -0.39 is 0 Å². The van der Waals surface area contributed by atoms with E-state index in [1.54, 1.807) is 26.4 Å². The van der Waals surface area contributed by atoms with Crippen LogP contribution in [-0.4, -0.2) is 76.0 Å². The van der Waals surface area contributed by atoms with Crippen LogP contribution in [0.3, 0.4) is 0 Å². The Morgan fingerprint density at radius 2 is 1.69 bits per heavy atom. The van der Waals surface area contributed by atoms with E-state index in [1.165, 1.54) is 13.3 Å². The van der Waals surface area contributed by atoms with E-state index in [9.17, 15) is 4.79 Å². The maximum Gasteiger partial charge on any atom is 0.254 e. The first-order valence-electron chi connectivity index (χ1n) is 10.3. The molecule has 1 saturated heterocycles. The molecule has 1 aliphatic rings. The van der Waals surface area contributed by atoms with Crippen molar-refractivity contribution in [3.8, 4) is 17.2 Å². The summed E-state index contributed by atoms with van der Waals surface area (Å²) < 4.78 is 16.1. The van der Waals surface area contributed by atoms with E-state index in [-0.39, 0.29) is 5.91 Å². The quantitative estimate of drug-likeness (QED) is 0.458. The standard InChI is InChI=1S/C23H29ClN4O4/c1-30-20-9-8-17(22(31-2)23(20)32-3)14-25-26-21(29)16-28-12-10-27(11-13-28)15-18-6-4-5-7-19(18)24/h4-9,14H,10-13,15-16H2,1-3H3,(H,26,29). The van der Waals surface area contributed by atoms with Crippen molar-refractivity contribution in [1.29, 1.82) is 0 Å². The van der Waals surface area contributed by atoms with Gasteiger partial charge in [0.1, 0.15) is 0 Å². The molecule has 0 spiro atoms. The van der Waals surface area contributed by atoms with Gasteiger partial charge in [0, 0.05) is 43.3 Å². The highest BCUT2D eigenvalue weighted by Crippen LogP contribution is 2.38. The van der Waals surface area contributed by atoms with E-state index in [2.05, 4.69) is 20.3 Å². The molecule has 1 aliphatic heterocycles. The molecule has 0 atom stereocenters. The molecule has 0 aromatic heterocycles. The summed E-state index contributed by atoms with van der Waals surface area (Å²) in [4.78, 5) is 16.8. The number of carbonyl (C=O) groups excluding carboxylic acids is 1. The molecule has 0 bridgehead atoms. The van der Waals surface area contributed by atoms with Gasteiger partial charge in [-0.3, -0.25) is 14.6 Å². The molecule has 1 N–H and O–H groups in total. The number of carbonyl (C=O) groups is 1. The molecule has 2 aromatic rings. The second-order valence-corrected chi connectivity index (χ2v) is 7.77. The number of benzene rings is 2. The van der Waals surface area contributed by atoms with Gasteiger partial charge in [-0.15, -0.1) is 0 Å². The zero-order valence-corrected chi connectivity index (χ0v) is 19.4. The molecule has 0 unspecified atom stereocenters. The van der Waals surface area contributed by atoms with Gasteiger partial charge in [0.25, 0.3) is 5.91 Å². The summed E-state index contributed by atoms with van der Waals surface area (Å²) in [6, 6.07) is 11.4. The van der Waals surface area contributed by atoms with Crippen molar-refractivity contribution in [3.05, 3.63) is 52.5 Å². The Balaban J connectivity index is 1.48. The molecule has 9 heteroatoms. The smallest absolute Gasteiger partial charge is 0.254 e.